The van der Waals surface area contributed by atoms with Crippen LogP contribution in [-0.2, 0) is 17.3 Å². The van der Waals surface area contributed by atoms with Crippen LogP contribution in [0.5, 0.6) is 0 Å². The van der Waals surface area contributed by atoms with Crippen LogP contribution in [0.25, 0.3) is 0 Å². The normalized spacial score (nSPS) is 18.1. The van der Waals surface area contributed by atoms with Crippen LogP contribution >= 0.6 is 0 Å². The Bertz CT molecular complexity index is 412. The largest absolute Gasteiger partial charge is 0.416 e. The number of benzene rings is 1. The van der Waals surface area contributed by atoms with Crippen LogP contribution in [0.2, 0.25) is 0 Å². The molecule has 1 atom stereocenters. The summed E-state index contributed by atoms with van der Waals surface area (Å²) in [5, 5.41) is 0. The van der Waals surface area contributed by atoms with Crippen molar-refractivity contribution in [2.75, 3.05) is 7.11 Å². The van der Waals surface area contributed by atoms with E-state index in [9.17, 15) is 17.6 Å². The molecule has 5 heteroatoms. The highest BCUT2D eigenvalue weighted by Gasteiger charge is 2.38. The van der Waals surface area contributed by atoms with Crippen molar-refractivity contribution >= 4 is 0 Å². The molecule has 2 rings (SSSR count). The van der Waals surface area contributed by atoms with Crippen molar-refractivity contribution in [1.82, 2.24) is 0 Å². The van der Waals surface area contributed by atoms with Crippen LogP contribution in [0.4, 0.5) is 17.6 Å². The van der Waals surface area contributed by atoms with E-state index in [4.69, 9.17) is 4.74 Å². The van der Waals surface area contributed by atoms with Gasteiger partial charge in [0.15, 0.2) is 0 Å². The molecule has 0 aromatic heterocycles. The van der Waals surface area contributed by atoms with Gasteiger partial charge in [0.2, 0.25) is 0 Å². The molecule has 1 unspecified atom stereocenters. The number of hydrogen-bond donors (Lipinski definition) is 0. The zero-order chi connectivity index (χ0) is 13.9. The molecular weight excluding hydrogens is 248 g/mol. The summed E-state index contributed by atoms with van der Waals surface area (Å²) in [6.07, 6.45) is -4.18. The third-order valence-corrected chi connectivity index (χ3v) is 2.84. The fourth-order valence-corrected chi connectivity index (χ4v) is 2.15. The first-order valence-electron chi connectivity index (χ1n) is 5.86. The lowest BCUT2D eigenvalue weighted by Gasteiger charge is -2.14. The average Bonchev–Trinajstić information content (AvgIpc) is 2.72. The van der Waals surface area contributed by atoms with Crippen LogP contribution in [0, 0.1) is 5.82 Å². The van der Waals surface area contributed by atoms with E-state index in [0.717, 1.165) is 6.07 Å². The van der Waals surface area contributed by atoms with Crippen molar-refractivity contribution in [3.63, 3.8) is 0 Å². The molecule has 0 amide bonds. The molecule has 1 aliphatic rings. The predicted octanol–water partition coefficient (Wildman–Crippen LogP) is 4.50. The molecule has 0 saturated heterocycles. The Hall–Kier alpha value is -1.10. The van der Waals surface area contributed by atoms with Gasteiger partial charge in [-0.25, -0.2) is 4.39 Å². The highest BCUT2D eigenvalue weighted by atomic mass is 19.4. The molecule has 1 aromatic carbocycles. The summed E-state index contributed by atoms with van der Waals surface area (Å²) >= 11 is 0. The lowest BCUT2D eigenvalue weighted by molar-refractivity contribution is -0.138. The highest BCUT2D eigenvalue weighted by Crippen LogP contribution is 2.42. The summed E-state index contributed by atoms with van der Waals surface area (Å²) in [5.74, 6) is -0.866. The Morgan fingerprint density at radius 2 is 1.83 bits per heavy atom. The number of methoxy groups -OCH3 is 1. The van der Waals surface area contributed by atoms with Gasteiger partial charge >= 0.3 is 6.18 Å². The van der Waals surface area contributed by atoms with Gasteiger partial charge in [-0.1, -0.05) is 13.8 Å². The third kappa shape index (κ3) is 2.83. The second-order valence-electron chi connectivity index (χ2n) is 3.78. The van der Waals surface area contributed by atoms with Crippen LogP contribution in [0.15, 0.2) is 12.1 Å². The lowest BCUT2D eigenvalue weighted by Crippen LogP contribution is -2.10. The van der Waals surface area contributed by atoms with Crippen LogP contribution in [0.1, 0.15) is 43.1 Å². The standard InChI is InChI=1S/C11H10F4O.C2H6/c1-16-10-3-2-7-8(10)4-6(12)5-9(7)11(13,14)15;1-2/h4-5,10H,2-3H2,1H3;1-2H3. The van der Waals surface area contributed by atoms with Gasteiger partial charge in [-0.05, 0) is 36.1 Å². The monoisotopic (exact) mass is 264 g/mol. The van der Waals surface area contributed by atoms with Gasteiger partial charge in [0.25, 0.3) is 0 Å². The molecule has 0 fully saturated rings. The van der Waals surface area contributed by atoms with E-state index in [-0.39, 0.29) is 12.0 Å². The van der Waals surface area contributed by atoms with Crippen molar-refractivity contribution in [3.05, 3.63) is 34.6 Å². The van der Waals surface area contributed by atoms with E-state index in [2.05, 4.69) is 0 Å². The van der Waals surface area contributed by atoms with Gasteiger partial charge in [-0.15, -0.1) is 0 Å². The zero-order valence-corrected chi connectivity index (χ0v) is 10.6. The predicted molar refractivity (Wildman–Crippen MR) is 60.8 cm³/mol. The van der Waals surface area contributed by atoms with Crippen LogP contribution < -0.4 is 0 Å². The fraction of sp³-hybridized carbons (Fsp3) is 0.538. The Morgan fingerprint density at radius 3 is 2.33 bits per heavy atom. The average molecular weight is 264 g/mol. The number of hydrogen-bond acceptors (Lipinski definition) is 1. The maximum atomic E-state index is 13.1. The van der Waals surface area contributed by atoms with Crippen molar-refractivity contribution in [2.45, 2.75) is 39.0 Å². The van der Waals surface area contributed by atoms with Crippen LogP contribution in [-0.4, -0.2) is 7.11 Å². The van der Waals surface area contributed by atoms with Gasteiger partial charge in [-0.2, -0.15) is 13.2 Å². The van der Waals surface area contributed by atoms with Gasteiger partial charge in [-0.3, -0.25) is 0 Å². The molecule has 18 heavy (non-hydrogen) atoms. The Kier molecular flexibility index (Phi) is 4.73. The molecule has 102 valence electrons. The van der Waals surface area contributed by atoms with E-state index >= 15 is 0 Å². The molecule has 0 spiro atoms. The van der Waals surface area contributed by atoms with E-state index in [0.29, 0.717) is 18.1 Å². The van der Waals surface area contributed by atoms with Crippen molar-refractivity contribution in [2.24, 2.45) is 0 Å². The van der Waals surface area contributed by atoms with Gasteiger partial charge in [0, 0.05) is 7.11 Å². The minimum absolute atomic E-state index is 0.167. The molecule has 0 bridgehead atoms. The van der Waals surface area contributed by atoms with Crippen molar-refractivity contribution in [3.8, 4) is 0 Å². The SMILES string of the molecule is CC.COC1CCc2c1cc(F)cc2C(F)(F)F. The van der Waals surface area contributed by atoms with Crippen molar-refractivity contribution in [1.29, 1.82) is 0 Å². The summed E-state index contributed by atoms with van der Waals surface area (Å²) in [5.41, 5.74) is -0.377. The lowest BCUT2D eigenvalue weighted by atomic mass is 10.0. The molecule has 0 N–H and O–H groups in total. The first kappa shape index (κ1) is 15.0. The smallest absolute Gasteiger partial charge is 0.377 e. The molecule has 0 aliphatic heterocycles. The van der Waals surface area contributed by atoms with E-state index < -0.39 is 23.7 Å². The fourth-order valence-electron chi connectivity index (χ4n) is 2.15. The first-order chi connectivity index (χ1) is 8.43. The van der Waals surface area contributed by atoms with Gasteiger partial charge < -0.3 is 4.74 Å². The van der Waals surface area contributed by atoms with Crippen LogP contribution in [0.3, 0.4) is 0 Å². The van der Waals surface area contributed by atoms with Crippen molar-refractivity contribution < 1.29 is 22.3 Å². The molecule has 0 saturated carbocycles. The van der Waals surface area contributed by atoms with E-state index in [1.807, 2.05) is 13.8 Å². The van der Waals surface area contributed by atoms with Gasteiger partial charge in [0.05, 0.1) is 11.7 Å². The summed E-state index contributed by atoms with van der Waals surface area (Å²) in [7, 11) is 1.41. The maximum absolute atomic E-state index is 13.1. The summed E-state index contributed by atoms with van der Waals surface area (Å²) in [6, 6.07) is 1.68. The second kappa shape index (κ2) is 5.69. The number of rotatable bonds is 1. The summed E-state index contributed by atoms with van der Waals surface area (Å²) < 4.78 is 56.1. The molecule has 0 heterocycles. The minimum Gasteiger partial charge on any atom is -0.377 e. The Balaban J connectivity index is 0.000000771. The number of alkyl halides is 3. The summed E-state index contributed by atoms with van der Waals surface area (Å²) in [6.45, 7) is 4.00. The first-order valence-corrected chi connectivity index (χ1v) is 5.86. The summed E-state index contributed by atoms with van der Waals surface area (Å²) in [4.78, 5) is 0. The highest BCUT2D eigenvalue weighted by molar-refractivity contribution is 5.42. The van der Waals surface area contributed by atoms with E-state index in [1.54, 1.807) is 0 Å². The quantitative estimate of drug-likeness (QED) is 0.678. The maximum Gasteiger partial charge on any atom is 0.416 e. The molecular formula is C13H16F4O. The number of fused-ring (bicyclic) bond motifs is 1. The molecule has 1 aromatic rings. The third-order valence-electron chi connectivity index (χ3n) is 2.84. The number of halogens is 4. The minimum atomic E-state index is -4.51. The topological polar surface area (TPSA) is 9.23 Å². The molecule has 0 radical (unpaired) electrons. The zero-order valence-electron chi connectivity index (χ0n) is 10.6. The Labute approximate surface area is 104 Å². The van der Waals surface area contributed by atoms with Gasteiger partial charge in [0.1, 0.15) is 5.82 Å². The van der Waals surface area contributed by atoms with E-state index in [1.165, 1.54) is 7.11 Å². The number of ether oxygens (including phenoxy) is 1. The molecule has 1 nitrogen and oxygen atoms in total. The second-order valence-corrected chi connectivity index (χ2v) is 3.78. The molecule has 1 aliphatic carbocycles. The Morgan fingerprint density at radius 1 is 1.22 bits per heavy atom.